The van der Waals surface area contributed by atoms with Crippen molar-refractivity contribution in [3.63, 3.8) is 0 Å². The molecule has 0 saturated carbocycles. The number of ether oxygens (including phenoxy) is 3. The molecule has 7 heteroatoms. The summed E-state index contributed by atoms with van der Waals surface area (Å²) in [6.07, 6.45) is 2.85. The molecule has 29 heavy (non-hydrogen) atoms. The van der Waals surface area contributed by atoms with Gasteiger partial charge in [0, 0.05) is 42.0 Å². The Hall–Kier alpha value is -2.70. The summed E-state index contributed by atoms with van der Waals surface area (Å²) in [6.45, 7) is 3.94. The lowest BCUT2D eigenvalue weighted by Gasteiger charge is -2.14. The van der Waals surface area contributed by atoms with Crippen molar-refractivity contribution in [3.8, 4) is 11.5 Å². The molecule has 0 aliphatic carbocycles. The molecule has 0 aliphatic heterocycles. The number of amides is 1. The van der Waals surface area contributed by atoms with Gasteiger partial charge in [-0.1, -0.05) is 18.5 Å². The summed E-state index contributed by atoms with van der Waals surface area (Å²) in [5, 5.41) is 4.30. The fourth-order valence-electron chi connectivity index (χ4n) is 3.06. The molecule has 1 amide bonds. The summed E-state index contributed by atoms with van der Waals surface area (Å²) in [6, 6.07) is 11.0. The van der Waals surface area contributed by atoms with Gasteiger partial charge in [-0.2, -0.15) is 0 Å². The molecule has 0 radical (unpaired) electrons. The van der Waals surface area contributed by atoms with E-state index in [1.807, 2.05) is 37.4 Å². The first-order valence-electron chi connectivity index (χ1n) is 9.47. The van der Waals surface area contributed by atoms with Crippen molar-refractivity contribution in [2.24, 2.45) is 0 Å². The number of carbonyl (C=O) groups is 1. The van der Waals surface area contributed by atoms with Crippen LogP contribution in [0.3, 0.4) is 0 Å². The number of benzene rings is 2. The number of aromatic nitrogens is 1. The van der Waals surface area contributed by atoms with Crippen LogP contribution in [0.15, 0.2) is 42.6 Å². The van der Waals surface area contributed by atoms with Crippen LogP contribution in [0.5, 0.6) is 11.5 Å². The molecule has 3 aromatic rings. The predicted molar refractivity (Wildman–Crippen MR) is 116 cm³/mol. The zero-order valence-electron chi connectivity index (χ0n) is 16.8. The van der Waals surface area contributed by atoms with E-state index >= 15 is 0 Å². The van der Waals surface area contributed by atoms with Gasteiger partial charge in [-0.15, -0.1) is 0 Å². The lowest BCUT2D eigenvalue weighted by atomic mass is 10.1. The van der Waals surface area contributed by atoms with Crippen molar-refractivity contribution in [1.82, 2.24) is 4.57 Å². The van der Waals surface area contributed by atoms with Crippen LogP contribution < -0.4 is 14.8 Å². The Labute approximate surface area is 175 Å². The summed E-state index contributed by atoms with van der Waals surface area (Å²) in [5.74, 6) is 0.610. The van der Waals surface area contributed by atoms with Crippen LogP contribution in [0.25, 0.3) is 10.9 Å². The molecule has 0 fully saturated rings. The quantitative estimate of drug-likeness (QED) is 0.533. The summed E-state index contributed by atoms with van der Waals surface area (Å²) in [4.78, 5) is 12.8. The standard InChI is InChI=1S/C22H25ClN2O4/c1-4-10-29-21-18(23)13-16(14-20(21)28-3)22(26)24-17-5-6-19-15(12-17)7-8-25(19)9-11-27-2/h5-8,12-14H,4,9-11H2,1-3H3,(H,24,26). The van der Waals surface area contributed by atoms with E-state index in [0.717, 1.165) is 23.9 Å². The van der Waals surface area contributed by atoms with Crippen molar-refractivity contribution in [2.45, 2.75) is 19.9 Å². The Morgan fingerprint density at radius 1 is 1.14 bits per heavy atom. The van der Waals surface area contributed by atoms with E-state index in [-0.39, 0.29) is 5.91 Å². The van der Waals surface area contributed by atoms with Crippen LogP contribution in [-0.4, -0.2) is 37.9 Å². The number of methoxy groups -OCH3 is 2. The third-order valence-corrected chi connectivity index (χ3v) is 4.79. The molecule has 0 saturated heterocycles. The smallest absolute Gasteiger partial charge is 0.255 e. The minimum Gasteiger partial charge on any atom is -0.493 e. The van der Waals surface area contributed by atoms with Gasteiger partial charge in [0.05, 0.1) is 25.3 Å². The van der Waals surface area contributed by atoms with Crippen molar-refractivity contribution in [3.05, 3.63) is 53.2 Å². The summed E-state index contributed by atoms with van der Waals surface area (Å²) in [7, 11) is 3.21. The summed E-state index contributed by atoms with van der Waals surface area (Å²) >= 11 is 6.32. The molecule has 1 N–H and O–H groups in total. The zero-order chi connectivity index (χ0) is 20.8. The molecular formula is C22H25ClN2O4. The Morgan fingerprint density at radius 3 is 2.69 bits per heavy atom. The predicted octanol–water partition coefficient (Wildman–Crippen LogP) is 4.99. The highest BCUT2D eigenvalue weighted by Gasteiger charge is 2.16. The van der Waals surface area contributed by atoms with Crippen LogP contribution in [0.4, 0.5) is 5.69 Å². The van der Waals surface area contributed by atoms with Crippen LogP contribution >= 0.6 is 11.6 Å². The highest BCUT2D eigenvalue weighted by atomic mass is 35.5. The topological polar surface area (TPSA) is 61.7 Å². The molecule has 0 atom stereocenters. The second-order valence-electron chi connectivity index (χ2n) is 6.57. The average molecular weight is 417 g/mol. The van der Waals surface area contributed by atoms with Gasteiger partial charge < -0.3 is 24.1 Å². The average Bonchev–Trinajstić information content (AvgIpc) is 3.12. The van der Waals surface area contributed by atoms with Gasteiger partial charge in [-0.3, -0.25) is 4.79 Å². The Morgan fingerprint density at radius 2 is 1.97 bits per heavy atom. The second kappa shape index (κ2) is 9.67. The van der Waals surface area contributed by atoms with Crippen molar-refractivity contribution < 1.29 is 19.0 Å². The van der Waals surface area contributed by atoms with Crippen molar-refractivity contribution in [1.29, 1.82) is 0 Å². The lowest BCUT2D eigenvalue weighted by molar-refractivity contribution is 0.102. The van der Waals surface area contributed by atoms with Crippen molar-refractivity contribution >= 4 is 34.1 Å². The lowest BCUT2D eigenvalue weighted by Crippen LogP contribution is -2.12. The fourth-order valence-corrected chi connectivity index (χ4v) is 3.33. The molecule has 1 aromatic heterocycles. The van der Waals surface area contributed by atoms with Gasteiger partial charge in [0.1, 0.15) is 0 Å². The number of hydrogen-bond acceptors (Lipinski definition) is 4. The Balaban J connectivity index is 1.80. The maximum absolute atomic E-state index is 12.8. The van der Waals surface area contributed by atoms with Crippen LogP contribution in [0.2, 0.25) is 5.02 Å². The van der Waals surface area contributed by atoms with Crippen LogP contribution in [0.1, 0.15) is 23.7 Å². The molecule has 2 aromatic carbocycles. The number of hydrogen-bond donors (Lipinski definition) is 1. The van der Waals surface area contributed by atoms with Gasteiger partial charge in [0.15, 0.2) is 11.5 Å². The monoisotopic (exact) mass is 416 g/mol. The maximum Gasteiger partial charge on any atom is 0.255 e. The SMILES string of the molecule is CCCOc1c(Cl)cc(C(=O)Nc2ccc3c(ccn3CCOC)c2)cc1OC. The van der Waals surface area contributed by atoms with Crippen LogP contribution in [0, 0.1) is 0 Å². The number of fused-ring (bicyclic) bond motifs is 1. The highest BCUT2D eigenvalue weighted by molar-refractivity contribution is 6.32. The molecule has 0 spiro atoms. The molecule has 1 heterocycles. The van der Waals surface area contributed by atoms with E-state index < -0.39 is 0 Å². The minimum atomic E-state index is -0.273. The van der Waals surface area contributed by atoms with E-state index in [0.29, 0.717) is 41.0 Å². The normalized spacial score (nSPS) is 10.9. The molecule has 6 nitrogen and oxygen atoms in total. The van der Waals surface area contributed by atoms with Gasteiger partial charge in [0.2, 0.25) is 0 Å². The summed E-state index contributed by atoms with van der Waals surface area (Å²) in [5.41, 5.74) is 2.18. The molecule has 154 valence electrons. The van der Waals surface area contributed by atoms with Gasteiger partial charge in [-0.05, 0) is 42.8 Å². The van der Waals surface area contributed by atoms with Crippen molar-refractivity contribution in [2.75, 3.05) is 32.8 Å². The Bertz CT molecular complexity index is 1000. The number of rotatable bonds is 9. The number of nitrogens with one attached hydrogen (secondary N) is 1. The molecular weight excluding hydrogens is 392 g/mol. The van der Waals surface area contributed by atoms with E-state index in [4.69, 9.17) is 25.8 Å². The van der Waals surface area contributed by atoms with E-state index in [2.05, 4.69) is 9.88 Å². The maximum atomic E-state index is 12.8. The van der Waals surface area contributed by atoms with E-state index in [1.165, 1.54) is 7.11 Å². The minimum absolute atomic E-state index is 0.273. The molecule has 3 rings (SSSR count). The number of nitrogens with zero attached hydrogens (tertiary/aromatic N) is 1. The third-order valence-electron chi connectivity index (χ3n) is 4.51. The summed E-state index contributed by atoms with van der Waals surface area (Å²) < 4.78 is 18.2. The second-order valence-corrected chi connectivity index (χ2v) is 6.97. The first kappa shape index (κ1) is 21.0. The highest BCUT2D eigenvalue weighted by Crippen LogP contribution is 2.36. The third kappa shape index (κ3) is 4.83. The van der Waals surface area contributed by atoms with Gasteiger partial charge >= 0.3 is 0 Å². The molecule has 0 unspecified atom stereocenters. The zero-order valence-corrected chi connectivity index (χ0v) is 17.6. The van der Waals surface area contributed by atoms with Crippen LogP contribution in [-0.2, 0) is 11.3 Å². The number of halogens is 1. The number of anilines is 1. The van der Waals surface area contributed by atoms with E-state index in [9.17, 15) is 4.79 Å². The first-order chi connectivity index (χ1) is 14.1. The molecule has 0 aliphatic rings. The largest absolute Gasteiger partial charge is 0.493 e. The molecule has 0 bridgehead atoms. The van der Waals surface area contributed by atoms with Gasteiger partial charge in [0.25, 0.3) is 5.91 Å². The van der Waals surface area contributed by atoms with Gasteiger partial charge in [-0.25, -0.2) is 0 Å². The van der Waals surface area contributed by atoms with E-state index in [1.54, 1.807) is 19.2 Å². The number of carbonyl (C=O) groups excluding carboxylic acids is 1. The fraction of sp³-hybridized carbons (Fsp3) is 0.318. The first-order valence-corrected chi connectivity index (χ1v) is 9.84. The Kier molecular flexibility index (Phi) is 7.01.